The van der Waals surface area contributed by atoms with Crippen LogP contribution in [-0.2, 0) is 14.3 Å². The van der Waals surface area contributed by atoms with Gasteiger partial charge in [-0.15, -0.1) is 5.10 Å². The predicted molar refractivity (Wildman–Crippen MR) is 78.9 cm³/mol. The molecule has 0 aliphatic carbocycles. The van der Waals surface area contributed by atoms with Crippen molar-refractivity contribution in [2.75, 3.05) is 7.11 Å². The van der Waals surface area contributed by atoms with Crippen molar-refractivity contribution in [1.29, 1.82) is 0 Å². The molecule has 23 heavy (non-hydrogen) atoms. The Morgan fingerprint density at radius 1 is 1.43 bits per heavy atom. The third-order valence-electron chi connectivity index (χ3n) is 2.55. The number of hydrogen-bond acceptors (Lipinski definition) is 7. The lowest BCUT2D eigenvalue weighted by Gasteiger charge is -2.00. The number of amidine groups is 1. The highest BCUT2D eigenvalue weighted by molar-refractivity contribution is 8.18. The molecule has 1 aromatic carbocycles. The van der Waals surface area contributed by atoms with Crippen LogP contribution in [0.2, 0.25) is 0 Å². The zero-order valence-electron chi connectivity index (χ0n) is 11.5. The van der Waals surface area contributed by atoms with Crippen LogP contribution in [0, 0.1) is 11.6 Å². The number of halogens is 2. The Labute approximate surface area is 132 Å². The Balaban J connectivity index is 2.16. The monoisotopic (exact) mass is 341 g/mol. The van der Waals surface area contributed by atoms with E-state index in [1.54, 1.807) is 0 Å². The number of hydrogen-bond donors (Lipinski definition) is 2. The van der Waals surface area contributed by atoms with Crippen LogP contribution in [0.5, 0.6) is 5.75 Å². The van der Waals surface area contributed by atoms with Crippen molar-refractivity contribution in [3.63, 3.8) is 0 Å². The summed E-state index contributed by atoms with van der Waals surface area (Å²) in [6, 6.07) is 1.74. The third-order valence-corrected chi connectivity index (χ3v) is 3.45. The van der Waals surface area contributed by atoms with E-state index in [-0.39, 0.29) is 10.1 Å². The van der Waals surface area contributed by atoms with Gasteiger partial charge < -0.3 is 9.84 Å². The molecular weight excluding hydrogens is 332 g/mol. The van der Waals surface area contributed by atoms with Crippen molar-refractivity contribution >= 4 is 35.0 Å². The topological polar surface area (TPSA) is 100 Å². The molecule has 120 valence electrons. The Kier molecular flexibility index (Phi) is 5.06. The molecule has 1 amide bonds. The van der Waals surface area contributed by atoms with Gasteiger partial charge in [0.05, 0.1) is 23.8 Å². The largest absolute Gasteiger partial charge is 0.507 e. The fourth-order valence-electron chi connectivity index (χ4n) is 1.46. The predicted octanol–water partition coefficient (Wildman–Crippen LogP) is 1.28. The van der Waals surface area contributed by atoms with E-state index in [9.17, 15) is 23.5 Å². The van der Waals surface area contributed by atoms with E-state index >= 15 is 0 Å². The molecule has 0 unspecified atom stereocenters. The van der Waals surface area contributed by atoms with Crippen LogP contribution in [0.4, 0.5) is 8.78 Å². The molecule has 2 N–H and O–H groups in total. The molecule has 1 fully saturated rings. The van der Waals surface area contributed by atoms with E-state index in [4.69, 9.17) is 0 Å². The maximum atomic E-state index is 13.5. The van der Waals surface area contributed by atoms with E-state index in [1.165, 1.54) is 0 Å². The summed E-state index contributed by atoms with van der Waals surface area (Å²) in [4.78, 5) is 22.6. The number of nitrogens with one attached hydrogen (secondary N) is 1. The van der Waals surface area contributed by atoms with Gasteiger partial charge in [-0.25, -0.2) is 13.6 Å². The van der Waals surface area contributed by atoms with Crippen molar-refractivity contribution in [1.82, 2.24) is 5.32 Å². The van der Waals surface area contributed by atoms with Gasteiger partial charge in [0.15, 0.2) is 16.8 Å². The number of thioether (sulfide) groups is 1. The minimum absolute atomic E-state index is 0.0257. The van der Waals surface area contributed by atoms with E-state index in [1.807, 2.05) is 0 Å². The summed E-state index contributed by atoms with van der Waals surface area (Å²) in [6.07, 6.45) is 1.78. The van der Waals surface area contributed by atoms with Gasteiger partial charge in [-0.05, 0) is 23.9 Å². The van der Waals surface area contributed by atoms with Gasteiger partial charge in [0.1, 0.15) is 5.75 Å². The van der Waals surface area contributed by atoms with Gasteiger partial charge >= 0.3 is 5.97 Å². The Hall–Kier alpha value is -2.75. The molecule has 0 saturated carbocycles. The molecule has 1 aliphatic heterocycles. The van der Waals surface area contributed by atoms with Crippen molar-refractivity contribution in [2.24, 2.45) is 10.2 Å². The number of carbonyl (C=O) groups is 2. The smallest absolute Gasteiger partial charge is 0.331 e. The van der Waals surface area contributed by atoms with E-state index < -0.39 is 34.8 Å². The number of benzene rings is 1. The average molecular weight is 341 g/mol. The normalized spacial score (nSPS) is 18.0. The molecule has 0 bridgehead atoms. The number of amides is 1. The lowest BCUT2D eigenvalue weighted by molar-refractivity contribution is -0.135. The second-order valence-corrected chi connectivity index (χ2v) is 5.06. The van der Waals surface area contributed by atoms with E-state index in [0.29, 0.717) is 0 Å². The number of phenolic OH excluding ortho intramolecular Hbond substituents is 1. The number of aromatic hydroxyl groups is 1. The first kappa shape index (κ1) is 16.6. The fourth-order valence-corrected chi connectivity index (χ4v) is 2.20. The summed E-state index contributed by atoms with van der Waals surface area (Å²) in [5.41, 5.74) is -0.478. The van der Waals surface area contributed by atoms with Gasteiger partial charge in [-0.1, -0.05) is 0 Å². The number of ether oxygens (including phenoxy) is 1. The van der Waals surface area contributed by atoms with Crippen LogP contribution in [0.1, 0.15) is 5.56 Å². The zero-order valence-corrected chi connectivity index (χ0v) is 12.4. The SMILES string of the molecule is COC(=O)/C=C1/S/C(=N\N=Cc2c(O)ccc(F)c2F)NC1=O. The summed E-state index contributed by atoms with van der Waals surface area (Å²) in [5, 5.41) is 18.8. The molecule has 1 saturated heterocycles. The first-order chi connectivity index (χ1) is 10.9. The molecule has 0 aromatic heterocycles. The van der Waals surface area contributed by atoms with E-state index in [2.05, 4.69) is 20.3 Å². The second kappa shape index (κ2) is 7.01. The fraction of sp³-hybridized carbons (Fsp3) is 0.0769. The summed E-state index contributed by atoms with van der Waals surface area (Å²) >= 11 is 0.815. The maximum absolute atomic E-state index is 13.5. The van der Waals surface area contributed by atoms with E-state index in [0.717, 1.165) is 43.3 Å². The number of esters is 1. The van der Waals surface area contributed by atoms with Gasteiger partial charge in [0.2, 0.25) is 0 Å². The van der Waals surface area contributed by atoms with Gasteiger partial charge in [0, 0.05) is 6.08 Å². The number of phenols is 1. The summed E-state index contributed by atoms with van der Waals surface area (Å²) in [6.45, 7) is 0. The van der Waals surface area contributed by atoms with Crippen molar-refractivity contribution < 1.29 is 28.2 Å². The molecule has 10 heteroatoms. The third kappa shape index (κ3) is 3.92. The Morgan fingerprint density at radius 2 is 2.17 bits per heavy atom. The lowest BCUT2D eigenvalue weighted by Crippen LogP contribution is -2.19. The summed E-state index contributed by atoms with van der Waals surface area (Å²) < 4.78 is 30.9. The number of carbonyl (C=O) groups excluding carboxylic acids is 2. The first-order valence-corrected chi connectivity index (χ1v) is 6.81. The highest BCUT2D eigenvalue weighted by atomic mass is 32.2. The molecule has 1 aromatic rings. The average Bonchev–Trinajstić information content (AvgIpc) is 2.86. The molecule has 2 rings (SSSR count). The standard InChI is InChI=1S/C13H9F2N3O4S/c1-22-10(20)4-9-12(21)17-13(23-9)18-16-5-6-8(19)3-2-7(14)11(6)15/h2-5,19H,1H3,(H,17,18,21)/b9-4+,16-5?. The quantitative estimate of drug-likeness (QED) is 0.373. The highest BCUT2D eigenvalue weighted by Gasteiger charge is 2.25. The minimum atomic E-state index is -1.27. The number of rotatable bonds is 3. The minimum Gasteiger partial charge on any atom is -0.507 e. The van der Waals surface area contributed by atoms with Crippen molar-refractivity contribution in [3.05, 3.63) is 40.3 Å². The molecule has 7 nitrogen and oxygen atoms in total. The van der Waals surface area contributed by atoms with Gasteiger partial charge in [0.25, 0.3) is 5.91 Å². The maximum Gasteiger partial charge on any atom is 0.331 e. The molecule has 1 heterocycles. The Morgan fingerprint density at radius 3 is 2.87 bits per heavy atom. The van der Waals surface area contributed by atoms with Gasteiger partial charge in [-0.3, -0.25) is 10.1 Å². The molecule has 0 spiro atoms. The molecule has 0 atom stereocenters. The van der Waals surface area contributed by atoms with Crippen LogP contribution in [0.3, 0.4) is 0 Å². The molecule has 0 radical (unpaired) electrons. The Bertz CT molecular complexity index is 762. The van der Waals surface area contributed by atoms with Crippen LogP contribution in [-0.4, -0.2) is 35.5 Å². The van der Waals surface area contributed by atoms with Crippen LogP contribution in [0.15, 0.2) is 33.3 Å². The van der Waals surface area contributed by atoms with Crippen LogP contribution < -0.4 is 5.32 Å². The van der Waals surface area contributed by atoms with Crippen LogP contribution in [0.25, 0.3) is 0 Å². The van der Waals surface area contributed by atoms with Crippen molar-refractivity contribution in [2.45, 2.75) is 0 Å². The number of methoxy groups -OCH3 is 1. The number of nitrogens with zero attached hydrogens (tertiary/aromatic N) is 2. The van der Waals surface area contributed by atoms with Crippen molar-refractivity contribution in [3.8, 4) is 5.75 Å². The summed E-state index contributed by atoms with van der Waals surface area (Å²) in [5.74, 6) is -4.22. The second-order valence-electron chi connectivity index (χ2n) is 4.03. The van der Waals surface area contributed by atoms with Crippen LogP contribution >= 0.6 is 11.8 Å². The molecule has 1 aliphatic rings. The first-order valence-electron chi connectivity index (χ1n) is 5.99. The lowest BCUT2D eigenvalue weighted by atomic mass is 10.2. The highest BCUT2D eigenvalue weighted by Crippen LogP contribution is 2.24. The van der Waals surface area contributed by atoms with Gasteiger partial charge in [-0.2, -0.15) is 5.10 Å². The summed E-state index contributed by atoms with van der Waals surface area (Å²) in [7, 11) is 1.16. The zero-order chi connectivity index (χ0) is 17.0. The molecular formula is C13H9F2N3O4S.